The normalized spacial score (nSPS) is 24.4. The van der Waals surface area contributed by atoms with Crippen molar-refractivity contribution < 1.29 is 47.6 Å². The second kappa shape index (κ2) is 11.1. The number of nitriles is 1. The molecule has 0 bridgehead atoms. The van der Waals surface area contributed by atoms with Gasteiger partial charge in [0.15, 0.2) is 12.2 Å². The second-order valence-electron chi connectivity index (χ2n) is 6.83. The van der Waals surface area contributed by atoms with E-state index in [2.05, 4.69) is 0 Å². The molecule has 1 heterocycles. The SMILES string of the molecule is CC(=O)OC[C@H]1O[C@@H](Oc2cccc(C#N)c2)[C@H](OC(C)=O)[C@@H](OC(C)=O)[C@H]1OC(C)=O. The molecule has 0 aromatic heterocycles. The number of esters is 4. The molecule has 1 aliphatic rings. The van der Waals surface area contributed by atoms with Crippen molar-refractivity contribution in [3.05, 3.63) is 29.8 Å². The smallest absolute Gasteiger partial charge is 0.303 e. The Labute approximate surface area is 184 Å². The van der Waals surface area contributed by atoms with Gasteiger partial charge in [0.25, 0.3) is 0 Å². The van der Waals surface area contributed by atoms with Crippen LogP contribution in [0.1, 0.15) is 33.3 Å². The van der Waals surface area contributed by atoms with Crippen LogP contribution < -0.4 is 4.74 Å². The minimum Gasteiger partial charge on any atom is -0.463 e. The minimum absolute atomic E-state index is 0.199. The molecule has 172 valence electrons. The molecule has 11 heteroatoms. The summed E-state index contributed by atoms with van der Waals surface area (Å²) in [4.78, 5) is 46.6. The molecule has 1 aliphatic heterocycles. The third kappa shape index (κ3) is 6.95. The summed E-state index contributed by atoms with van der Waals surface area (Å²) in [6.07, 6.45) is -6.43. The van der Waals surface area contributed by atoms with Gasteiger partial charge in [-0.2, -0.15) is 5.26 Å². The van der Waals surface area contributed by atoms with Gasteiger partial charge in [-0.3, -0.25) is 19.2 Å². The summed E-state index contributed by atoms with van der Waals surface area (Å²) >= 11 is 0. The Kier molecular flexibility index (Phi) is 8.54. The van der Waals surface area contributed by atoms with E-state index in [-0.39, 0.29) is 12.4 Å². The molecule has 0 spiro atoms. The van der Waals surface area contributed by atoms with Gasteiger partial charge in [-0.1, -0.05) is 6.07 Å². The molecule has 0 radical (unpaired) electrons. The summed E-state index contributed by atoms with van der Waals surface area (Å²) in [5, 5.41) is 9.10. The Hall–Kier alpha value is -3.65. The first-order valence-corrected chi connectivity index (χ1v) is 9.58. The van der Waals surface area contributed by atoms with E-state index in [1.54, 1.807) is 12.1 Å². The molecule has 1 saturated heterocycles. The fraction of sp³-hybridized carbons (Fsp3) is 0.476. The van der Waals surface area contributed by atoms with E-state index in [0.29, 0.717) is 5.56 Å². The van der Waals surface area contributed by atoms with E-state index in [1.807, 2.05) is 6.07 Å². The first kappa shape index (κ1) is 24.6. The largest absolute Gasteiger partial charge is 0.463 e. The molecule has 0 aliphatic carbocycles. The van der Waals surface area contributed by atoms with Gasteiger partial charge in [0.2, 0.25) is 12.4 Å². The van der Waals surface area contributed by atoms with Crippen molar-refractivity contribution in [1.29, 1.82) is 5.26 Å². The van der Waals surface area contributed by atoms with Crippen LogP contribution in [-0.4, -0.2) is 61.2 Å². The van der Waals surface area contributed by atoms with Crippen molar-refractivity contribution in [3.63, 3.8) is 0 Å². The number of benzene rings is 1. The highest BCUT2D eigenvalue weighted by Crippen LogP contribution is 2.31. The van der Waals surface area contributed by atoms with Gasteiger partial charge in [-0.25, -0.2) is 0 Å². The van der Waals surface area contributed by atoms with Crippen LogP contribution in [0.2, 0.25) is 0 Å². The predicted molar refractivity (Wildman–Crippen MR) is 104 cm³/mol. The summed E-state index contributed by atoms with van der Waals surface area (Å²) in [6, 6.07) is 8.05. The lowest BCUT2D eigenvalue weighted by atomic mass is 9.98. The maximum Gasteiger partial charge on any atom is 0.303 e. The molecule has 1 aromatic rings. The third-order valence-corrected chi connectivity index (χ3v) is 4.16. The van der Waals surface area contributed by atoms with Gasteiger partial charge in [0, 0.05) is 27.7 Å². The second-order valence-corrected chi connectivity index (χ2v) is 6.83. The highest BCUT2D eigenvalue weighted by atomic mass is 16.7. The average Bonchev–Trinajstić information content (AvgIpc) is 2.70. The molecule has 2 rings (SSSR count). The standard InChI is InChI=1S/C21H23NO10/c1-11(23)27-10-17-18(28-12(2)24)19(29-13(3)25)20(30-14(4)26)21(32-17)31-16-7-5-6-15(8-16)9-22/h5-8,17-21H,10H2,1-4H3/t17-,18+,19+,20-,21-/m1/s1. The number of carbonyl (C=O) groups is 4. The van der Waals surface area contributed by atoms with Crippen molar-refractivity contribution in [1.82, 2.24) is 0 Å². The van der Waals surface area contributed by atoms with Crippen LogP contribution in [0.5, 0.6) is 5.75 Å². The minimum atomic E-state index is -1.36. The lowest BCUT2D eigenvalue weighted by Gasteiger charge is -2.43. The summed E-state index contributed by atoms with van der Waals surface area (Å²) in [7, 11) is 0. The van der Waals surface area contributed by atoms with Gasteiger partial charge in [0.1, 0.15) is 18.5 Å². The van der Waals surface area contributed by atoms with Gasteiger partial charge in [-0.05, 0) is 18.2 Å². The molecule has 1 fully saturated rings. The van der Waals surface area contributed by atoms with Crippen LogP contribution in [0.4, 0.5) is 0 Å². The van der Waals surface area contributed by atoms with Gasteiger partial charge in [-0.15, -0.1) is 0 Å². The molecule has 0 amide bonds. The van der Waals surface area contributed by atoms with E-state index in [9.17, 15) is 19.2 Å². The van der Waals surface area contributed by atoms with Crippen molar-refractivity contribution >= 4 is 23.9 Å². The fourth-order valence-corrected chi connectivity index (χ4v) is 3.06. The number of rotatable bonds is 7. The Bertz CT molecular complexity index is 908. The van der Waals surface area contributed by atoms with E-state index < -0.39 is 54.6 Å². The quantitative estimate of drug-likeness (QED) is 0.434. The lowest BCUT2D eigenvalue weighted by Crippen LogP contribution is -2.63. The zero-order valence-electron chi connectivity index (χ0n) is 17.9. The van der Waals surface area contributed by atoms with Gasteiger partial charge >= 0.3 is 23.9 Å². The maximum absolute atomic E-state index is 11.8. The van der Waals surface area contributed by atoms with E-state index in [4.69, 9.17) is 33.7 Å². The average molecular weight is 449 g/mol. The van der Waals surface area contributed by atoms with Crippen molar-refractivity contribution in [3.8, 4) is 11.8 Å². The van der Waals surface area contributed by atoms with Crippen molar-refractivity contribution in [2.45, 2.75) is 58.4 Å². The third-order valence-electron chi connectivity index (χ3n) is 4.16. The monoisotopic (exact) mass is 449 g/mol. The number of ether oxygens (including phenoxy) is 6. The van der Waals surface area contributed by atoms with Crippen LogP contribution in [0.25, 0.3) is 0 Å². The summed E-state index contributed by atoms with van der Waals surface area (Å²) in [5.41, 5.74) is 0.299. The van der Waals surface area contributed by atoms with E-state index in [1.165, 1.54) is 19.1 Å². The van der Waals surface area contributed by atoms with E-state index >= 15 is 0 Å². The van der Waals surface area contributed by atoms with Crippen LogP contribution in [0.15, 0.2) is 24.3 Å². The topological polar surface area (TPSA) is 147 Å². The van der Waals surface area contributed by atoms with Gasteiger partial charge < -0.3 is 28.4 Å². The zero-order valence-corrected chi connectivity index (χ0v) is 17.9. The van der Waals surface area contributed by atoms with Crippen LogP contribution in [-0.2, 0) is 42.9 Å². The molecular formula is C21H23NO10. The van der Waals surface area contributed by atoms with Crippen molar-refractivity contribution in [2.24, 2.45) is 0 Å². The van der Waals surface area contributed by atoms with Crippen molar-refractivity contribution in [2.75, 3.05) is 6.61 Å². The number of hydrogen-bond acceptors (Lipinski definition) is 11. The summed E-state index contributed by atoms with van der Waals surface area (Å²) < 4.78 is 32.5. The number of hydrogen-bond donors (Lipinski definition) is 0. The lowest BCUT2D eigenvalue weighted by molar-refractivity contribution is -0.288. The number of carbonyl (C=O) groups excluding carboxylic acids is 4. The molecule has 5 atom stereocenters. The predicted octanol–water partition coefficient (Wildman–Crippen LogP) is 1.02. The highest BCUT2D eigenvalue weighted by Gasteiger charge is 2.53. The Morgan fingerprint density at radius 1 is 0.906 bits per heavy atom. The van der Waals surface area contributed by atoms with Crippen LogP contribution in [0, 0.1) is 11.3 Å². The molecule has 0 unspecified atom stereocenters. The van der Waals surface area contributed by atoms with Crippen LogP contribution >= 0.6 is 0 Å². The first-order valence-electron chi connectivity index (χ1n) is 9.58. The molecule has 0 N–H and O–H groups in total. The summed E-state index contributed by atoms with van der Waals surface area (Å²) in [5.74, 6) is -2.64. The maximum atomic E-state index is 11.8. The van der Waals surface area contributed by atoms with Gasteiger partial charge in [0.05, 0.1) is 11.6 Å². The van der Waals surface area contributed by atoms with Crippen LogP contribution in [0.3, 0.4) is 0 Å². The van der Waals surface area contributed by atoms with E-state index in [0.717, 1.165) is 20.8 Å². The Morgan fingerprint density at radius 3 is 2.06 bits per heavy atom. The molecule has 32 heavy (non-hydrogen) atoms. The Balaban J connectivity index is 2.46. The molecule has 0 saturated carbocycles. The number of nitrogens with zero attached hydrogens (tertiary/aromatic N) is 1. The zero-order chi connectivity index (χ0) is 23.8. The fourth-order valence-electron chi connectivity index (χ4n) is 3.06. The Morgan fingerprint density at radius 2 is 1.50 bits per heavy atom. The first-order chi connectivity index (χ1) is 15.1. The highest BCUT2D eigenvalue weighted by molar-refractivity contribution is 5.68. The summed E-state index contributed by atoms with van der Waals surface area (Å²) in [6.45, 7) is 4.19. The molecule has 11 nitrogen and oxygen atoms in total. The molecular weight excluding hydrogens is 426 g/mol. The molecule has 1 aromatic carbocycles.